The third kappa shape index (κ3) is 5.78. The Kier molecular flexibility index (Phi) is 6.57. The second kappa shape index (κ2) is 8.87. The van der Waals surface area contributed by atoms with Gasteiger partial charge in [0.05, 0.1) is 0 Å². The Morgan fingerprint density at radius 2 is 1.85 bits per heavy atom. The Morgan fingerprint density at radius 3 is 2.46 bits per heavy atom. The number of nitrogens with two attached hydrogens (primary N) is 1. The van der Waals surface area contributed by atoms with Crippen molar-refractivity contribution >= 4 is 35.1 Å². The van der Waals surface area contributed by atoms with Crippen LogP contribution >= 0.6 is 11.6 Å². The first-order valence-corrected chi connectivity index (χ1v) is 8.01. The maximum atomic E-state index is 11.9. The summed E-state index contributed by atoms with van der Waals surface area (Å²) >= 11 is 5.84. The van der Waals surface area contributed by atoms with Crippen molar-refractivity contribution in [2.75, 3.05) is 11.9 Å². The van der Waals surface area contributed by atoms with Crippen LogP contribution in [0.5, 0.6) is 5.75 Å². The summed E-state index contributed by atoms with van der Waals surface area (Å²) in [6.45, 7) is 1.03. The summed E-state index contributed by atoms with van der Waals surface area (Å²) in [5.41, 5.74) is 5.90. The van der Waals surface area contributed by atoms with E-state index in [1.807, 2.05) is 0 Å². The van der Waals surface area contributed by atoms with E-state index in [2.05, 4.69) is 5.32 Å². The number of hydrogen-bond acceptors (Lipinski definition) is 5. The number of benzene rings is 2. The van der Waals surface area contributed by atoms with Crippen LogP contribution in [0.2, 0.25) is 5.02 Å². The zero-order valence-corrected chi connectivity index (χ0v) is 14.7. The van der Waals surface area contributed by atoms with E-state index in [0.717, 1.165) is 0 Å². The van der Waals surface area contributed by atoms with Crippen molar-refractivity contribution < 1.29 is 23.9 Å². The molecule has 0 aliphatic heterocycles. The minimum atomic E-state index is -0.906. The second-order valence-electron chi connectivity index (χ2n) is 5.31. The number of hydrogen-bond donors (Lipinski definition) is 2. The first-order chi connectivity index (χ1) is 12.3. The average Bonchev–Trinajstić information content (AvgIpc) is 2.60. The summed E-state index contributed by atoms with van der Waals surface area (Å²) in [4.78, 5) is 34.7. The second-order valence-corrected chi connectivity index (χ2v) is 5.75. The van der Waals surface area contributed by atoms with Crippen LogP contribution in [-0.4, -0.2) is 30.5 Å². The molecule has 1 unspecified atom stereocenters. The molecule has 0 aliphatic carbocycles. The van der Waals surface area contributed by atoms with E-state index in [-0.39, 0.29) is 0 Å². The van der Waals surface area contributed by atoms with Gasteiger partial charge in [-0.1, -0.05) is 17.7 Å². The molecule has 136 valence electrons. The van der Waals surface area contributed by atoms with Gasteiger partial charge in [-0.3, -0.25) is 9.59 Å². The van der Waals surface area contributed by atoms with E-state index in [9.17, 15) is 14.4 Å². The highest BCUT2D eigenvalue weighted by Gasteiger charge is 2.18. The minimum Gasteiger partial charge on any atom is -0.479 e. The summed E-state index contributed by atoms with van der Waals surface area (Å²) in [7, 11) is 0. The third-order valence-corrected chi connectivity index (χ3v) is 3.47. The predicted octanol–water partition coefficient (Wildman–Crippen LogP) is 2.39. The van der Waals surface area contributed by atoms with Crippen LogP contribution in [0.4, 0.5) is 5.69 Å². The lowest BCUT2D eigenvalue weighted by Crippen LogP contribution is -2.29. The zero-order valence-electron chi connectivity index (χ0n) is 13.9. The number of primary amides is 1. The first-order valence-electron chi connectivity index (χ1n) is 7.63. The van der Waals surface area contributed by atoms with Gasteiger partial charge in [0, 0.05) is 16.3 Å². The number of ether oxygens (including phenoxy) is 2. The monoisotopic (exact) mass is 376 g/mol. The molecule has 0 fully saturated rings. The maximum absolute atomic E-state index is 11.9. The summed E-state index contributed by atoms with van der Waals surface area (Å²) in [6.07, 6.45) is -0.906. The Balaban J connectivity index is 1.80. The molecule has 2 rings (SSSR count). The van der Waals surface area contributed by atoms with Gasteiger partial charge in [-0.15, -0.1) is 0 Å². The van der Waals surface area contributed by atoms with E-state index < -0.39 is 30.5 Å². The molecular formula is C18H17ClN2O5. The predicted molar refractivity (Wildman–Crippen MR) is 96.1 cm³/mol. The van der Waals surface area contributed by atoms with E-state index in [1.165, 1.54) is 31.2 Å². The molecule has 26 heavy (non-hydrogen) atoms. The highest BCUT2D eigenvalue weighted by atomic mass is 35.5. The number of carbonyl (C=O) groups is 3. The van der Waals surface area contributed by atoms with Gasteiger partial charge in [-0.05, 0) is 49.4 Å². The number of amides is 2. The molecule has 0 aliphatic rings. The van der Waals surface area contributed by atoms with E-state index in [1.54, 1.807) is 24.3 Å². The number of nitrogens with one attached hydrogen (secondary N) is 1. The molecule has 1 atom stereocenters. The van der Waals surface area contributed by atoms with Gasteiger partial charge in [0.25, 0.3) is 5.91 Å². The molecule has 2 aromatic carbocycles. The van der Waals surface area contributed by atoms with Gasteiger partial charge >= 0.3 is 5.97 Å². The molecule has 0 bridgehead atoms. The van der Waals surface area contributed by atoms with Crippen LogP contribution in [0.25, 0.3) is 0 Å². The molecule has 3 N–H and O–H groups in total. The first kappa shape index (κ1) is 19.3. The topological polar surface area (TPSA) is 108 Å². The zero-order chi connectivity index (χ0) is 19.1. The summed E-state index contributed by atoms with van der Waals surface area (Å²) < 4.78 is 10.3. The van der Waals surface area contributed by atoms with Crippen molar-refractivity contribution in [1.29, 1.82) is 0 Å². The number of esters is 1. The normalized spacial score (nSPS) is 11.3. The number of halogens is 1. The lowest BCUT2D eigenvalue weighted by molar-refractivity contribution is -0.153. The molecular weight excluding hydrogens is 360 g/mol. The molecule has 0 saturated carbocycles. The van der Waals surface area contributed by atoms with Gasteiger partial charge in [0.1, 0.15) is 5.75 Å². The quantitative estimate of drug-likeness (QED) is 0.721. The molecule has 0 radical (unpaired) electrons. The average molecular weight is 377 g/mol. The summed E-state index contributed by atoms with van der Waals surface area (Å²) in [5.74, 6) is -1.37. The summed E-state index contributed by atoms with van der Waals surface area (Å²) in [6, 6.07) is 12.6. The lowest BCUT2D eigenvalue weighted by atomic mass is 10.2. The fraction of sp³-hybridized carbons (Fsp3) is 0.167. The molecule has 2 amide bonds. The molecule has 0 spiro atoms. The standard InChI is InChI=1S/C18H17ClN2O5/c1-11(26-15-4-2-3-13(19)9-15)18(24)25-10-16(22)21-14-7-5-12(6-8-14)17(20)23/h2-9,11H,10H2,1H3,(H2,20,23)(H,21,22). The van der Waals surface area contributed by atoms with Crippen molar-refractivity contribution in [3.63, 3.8) is 0 Å². The van der Waals surface area contributed by atoms with Crippen LogP contribution in [0.1, 0.15) is 17.3 Å². The lowest BCUT2D eigenvalue weighted by Gasteiger charge is -2.14. The largest absolute Gasteiger partial charge is 0.479 e. The van der Waals surface area contributed by atoms with Gasteiger partial charge in [0.2, 0.25) is 5.91 Å². The minimum absolute atomic E-state index is 0.321. The van der Waals surface area contributed by atoms with E-state index in [4.69, 9.17) is 26.8 Å². The van der Waals surface area contributed by atoms with Crippen molar-refractivity contribution in [3.05, 3.63) is 59.1 Å². The van der Waals surface area contributed by atoms with E-state index in [0.29, 0.717) is 22.0 Å². The molecule has 7 nitrogen and oxygen atoms in total. The van der Waals surface area contributed by atoms with Gasteiger partial charge in [-0.2, -0.15) is 0 Å². The smallest absolute Gasteiger partial charge is 0.347 e. The van der Waals surface area contributed by atoms with Crippen LogP contribution < -0.4 is 15.8 Å². The van der Waals surface area contributed by atoms with Crippen LogP contribution in [0.15, 0.2) is 48.5 Å². The highest BCUT2D eigenvalue weighted by Crippen LogP contribution is 2.18. The molecule has 8 heteroatoms. The SMILES string of the molecule is CC(Oc1cccc(Cl)c1)C(=O)OCC(=O)Nc1ccc(C(N)=O)cc1. The maximum Gasteiger partial charge on any atom is 0.347 e. The molecule has 0 saturated heterocycles. The molecule has 0 aromatic heterocycles. The summed E-state index contributed by atoms with van der Waals surface area (Å²) in [5, 5.41) is 3.01. The van der Waals surface area contributed by atoms with Crippen LogP contribution in [0, 0.1) is 0 Å². The Bertz CT molecular complexity index is 807. The van der Waals surface area contributed by atoms with Gasteiger partial charge < -0.3 is 20.5 Å². The van der Waals surface area contributed by atoms with Crippen molar-refractivity contribution in [1.82, 2.24) is 0 Å². The molecule has 0 heterocycles. The van der Waals surface area contributed by atoms with Gasteiger partial charge in [0.15, 0.2) is 12.7 Å². The molecule has 2 aromatic rings. The number of carbonyl (C=O) groups excluding carboxylic acids is 3. The Morgan fingerprint density at radius 1 is 1.15 bits per heavy atom. The Hall–Kier alpha value is -3.06. The van der Waals surface area contributed by atoms with Crippen LogP contribution in [-0.2, 0) is 14.3 Å². The fourth-order valence-corrected chi connectivity index (χ4v) is 2.14. The van der Waals surface area contributed by atoms with E-state index >= 15 is 0 Å². The fourth-order valence-electron chi connectivity index (χ4n) is 1.96. The number of rotatable bonds is 7. The van der Waals surface area contributed by atoms with Crippen molar-refractivity contribution in [2.45, 2.75) is 13.0 Å². The highest BCUT2D eigenvalue weighted by molar-refractivity contribution is 6.30. The van der Waals surface area contributed by atoms with Crippen LogP contribution in [0.3, 0.4) is 0 Å². The number of anilines is 1. The Labute approximate surface area is 155 Å². The van der Waals surface area contributed by atoms with Crippen molar-refractivity contribution in [3.8, 4) is 5.75 Å². The van der Waals surface area contributed by atoms with Crippen molar-refractivity contribution in [2.24, 2.45) is 5.73 Å². The van der Waals surface area contributed by atoms with Gasteiger partial charge in [-0.25, -0.2) is 4.79 Å². The third-order valence-electron chi connectivity index (χ3n) is 3.24.